The van der Waals surface area contributed by atoms with Crippen molar-refractivity contribution in [3.05, 3.63) is 68.1 Å². The molecule has 0 aliphatic rings. The zero-order valence-corrected chi connectivity index (χ0v) is 13.4. The van der Waals surface area contributed by atoms with Crippen LogP contribution in [0.15, 0.2) is 46.9 Å². The molecule has 0 aromatic heterocycles. The molecule has 20 heavy (non-hydrogen) atoms. The van der Waals surface area contributed by atoms with E-state index in [1.54, 1.807) is 24.3 Å². The van der Waals surface area contributed by atoms with E-state index in [4.69, 9.17) is 23.2 Å². The zero-order chi connectivity index (χ0) is 14.7. The molecule has 0 fully saturated rings. The molecule has 2 aromatic rings. The second kappa shape index (κ2) is 6.61. The van der Waals surface area contributed by atoms with Crippen molar-refractivity contribution in [3.63, 3.8) is 0 Å². The molecule has 0 heterocycles. The first-order chi connectivity index (χ1) is 9.49. The first-order valence-electron chi connectivity index (χ1n) is 5.90. The van der Waals surface area contributed by atoms with E-state index in [1.807, 2.05) is 18.2 Å². The Morgan fingerprint density at radius 1 is 1.20 bits per heavy atom. The van der Waals surface area contributed by atoms with Gasteiger partial charge in [-0.15, -0.1) is 0 Å². The van der Waals surface area contributed by atoms with Crippen LogP contribution in [0.4, 0.5) is 0 Å². The third-order valence-corrected chi connectivity index (χ3v) is 4.33. The molecule has 5 heteroatoms. The topological polar surface area (TPSA) is 37.3 Å². The van der Waals surface area contributed by atoms with Gasteiger partial charge in [-0.25, -0.2) is 0 Å². The van der Waals surface area contributed by atoms with Crippen LogP contribution in [0.1, 0.15) is 17.0 Å². The second-order valence-electron chi connectivity index (χ2n) is 4.35. The van der Waals surface area contributed by atoms with Gasteiger partial charge >= 0.3 is 5.97 Å². The second-order valence-corrected chi connectivity index (χ2v) is 6.05. The van der Waals surface area contributed by atoms with Crippen molar-refractivity contribution in [2.45, 2.75) is 12.3 Å². The van der Waals surface area contributed by atoms with Crippen molar-refractivity contribution in [2.24, 2.45) is 0 Å². The zero-order valence-electron chi connectivity index (χ0n) is 10.3. The summed E-state index contributed by atoms with van der Waals surface area (Å²) in [4.78, 5) is 11.5. The van der Waals surface area contributed by atoms with Crippen LogP contribution in [0.2, 0.25) is 10.0 Å². The normalized spacial score (nSPS) is 12.2. The van der Waals surface area contributed by atoms with Gasteiger partial charge in [0.25, 0.3) is 0 Å². The first kappa shape index (κ1) is 15.4. The number of rotatable bonds is 4. The predicted molar refractivity (Wildman–Crippen MR) is 84.7 cm³/mol. The van der Waals surface area contributed by atoms with Crippen molar-refractivity contribution in [1.82, 2.24) is 0 Å². The van der Waals surface area contributed by atoms with E-state index in [0.29, 0.717) is 16.5 Å². The number of benzene rings is 2. The largest absolute Gasteiger partial charge is 0.481 e. The molecule has 0 radical (unpaired) electrons. The first-order valence-corrected chi connectivity index (χ1v) is 7.45. The van der Waals surface area contributed by atoms with Crippen LogP contribution < -0.4 is 0 Å². The summed E-state index contributed by atoms with van der Waals surface area (Å²) in [7, 11) is 0. The SMILES string of the molecule is O=C(O)C(Cc1ccc(Cl)cc1Cl)c1ccccc1Br. The minimum Gasteiger partial charge on any atom is -0.481 e. The van der Waals surface area contributed by atoms with Crippen LogP contribution in [-0.2, 0) is 11.2 Å². The summed E-state index contributed by atoms with van der Waals surface area (Å²) in [6, 6.07) is 12.4. The van der Waals surface area contributed by atoms with E-state index in [2.05, 4.69) is 15.9 Å². The number of carbonyl (C=O) groups is 1. The van der Waals surface area contributed by atoms with Gasteiger partial charge in [-0.05, 0) is 35.7 Å². The van der Waals surface area contributed by atoms with Crippen molar-refractivity contribution in [1.29, 1.82) is 0 Å². The molecule has 0 amide bonds. The van der Waals surface area contributed by atoms with Crippen LogP contribution in [0, 0.1) is 0 Å². The van der Waals surface area contributed by atoms with Crippen LogP contribution in [0.5, 0.6) is 0 Å². The molecular weight excluding hydrogens is 363 g/mol. The Morgan fingerprint density at radius 3 is 2.50 bits per heavy atom. The van der Waals surface area contributed by atoms with E-state index in [0.717, 1.165) is 15.6 Å². The highest BCUT2D eigenvalue weighted by molar-refractivity contribution is 9.10. The van der Waals surface area contributed by atoms with Gasteiger partial charge < -0.3 is 5.11 Å². The van der Waals surface area contributed by atoms with E-state index in [-0.39, 0.29) is 0 Å². The van der Waals surface area contributed by atoms with Crippen molar-refractivity contribution in [3.8, 4) is 0 Å². The fraction of sp³-hybridized carbons (Fsp3) is 0.133. The standard InChI is InChI=1S/C15H11BrCl2O2/c16-13-4-2-1-3-11(13)12(15(19)20)7-9-5-6-10(17)8-14(9)18/h1-6,8,12H,7H2,(H,19,20). The number of carboxylic acid groups (broad SMARTS) is 1. The lowest BCUT2D eigenvalue weighted by molar-refractivity contribution is -0.138. The molecule has 104 valence electrons. The molecule has 0 saturated carbocycles. The summed E-state index contributed by atoms with van der Waals surface area (Å²) < 4.78 is 0.775. The number of hydrogen-bond acceptors (Lipinski definition) is 1. The molecule has 2 aromatic carbocycles. The average Bonchev–Trinajstić information content (AvgIpc) is 2.39. The monoisotopic (exact) mass is 372 g/mol. The molecule has 0 saturated heterocycles. The smallest absolute Gasteiger partial charge is 0.311 e. The van der Waals surface area contributed by atoms with E-state index >= 15 is 0 Å². The average molecular weight is 374 g/mol. The summed E-state index contributed by atoms with van der Waals surface area (Å²) in [6.07, 6.45) is 0.313. The Hall–Kier alpha value is -1.03. The molecule has 2 rings (SSSR count). The van der Waals surface area contributed by atoms with Gasteiger partial charge in [-0.2, -0.15) is 0 Å². The van der Waals surface area contributed by atoms with Gasteiger partial charge in [0.15, 0.2) is 0 Å². The van der Waals surface area contributed by atoms with Crippen LogP contribution in [0.25, 0.3) is 0 Å². The van der Waals surface area contributed by atoms with E-state index < -0.39 is 11.9 Å². The van der Waals surface area contributed by atoms with Gasteiger partial charge in [-0.3, -0.25) is 4.79 Å². The van der Waals surface area contributed by atoms with Gasteiger partial charge in [0, 0.05) is 14.5 Å². The van der Waals surface area contributed by atoms with Crippen molar-refractivity contribution < 1.29 is 9.90 Å². The minimum absolute atomic E-state index is 0.313. The molecule has 2 nitrogen and oxygen atoms in total. The van der Waals surface area contributed by atoms with Crippen molar-refractivity contribution >= 4 is 45.1 Å². The number of aliphatic carboxylic acids is 1. The predicted octanol–water partition coefficient (Wildman–Crippen LogP) is 5.17. The lowest BCUT2D eigenvalue weighted by Crippen LogP contribution is -2.15. The maximum Gasteiger partial charge on any atom is 0.311 e. The van der Waals surface area contributed by atoms with Crippen LogP contribution in [0.3, 0.4) is 0 Å². The van der Waals surface area contributed by atoms with Gasteiger partial charge in [0.2, 0.25) is 0 Å². The Kier molecular flexibility index (Phi) is 5.08. The van der Waals surface area contributed by atoms with Crippen LogP contribution >= 0.6 is 39.1 Å². The lowest BCUT2D eigenvalue weighted by Gasteiger charge is -2.15. The molecular formula is C15H11BrCl2O2. The Labute approximate surface area is 135 Å². The Morgan fingerprint density at radius 2 is 1.90 bits per heavy atom. The minimum atomic E-state index is -0.886. The summed E-state index contributed by atoms with van der Waals surface area (Å²) in [5.74, 6) is -1.55. The number of hydrogen-bond donors (Lipinski definition) is 1. The molecule has 1 atom stereocenters. The summed E-state index contributed by atoms with van der Waals surface area (Å²) in [6.45, 7) is 0. The molecule has 1 N–H and O–H groups in total. The molecule has 0 aliphatic carbocycles. The molecule has 0 bridgehead atoms. The molecule has 0 aliphatic heterocycles. The molecule has 1 unspecified atom stereocenters. The quantitative estimate of drug-likeness (QED) is 0.802. The van der Waals surface area contributed by atoms with E-state index in [1.165, 1.54) is 0 Å². The van der Waals surface area contributed by atoms with E-state index in [9.17, 15) is 9.90 Å². The fourth-order valence-corrected chi connectivity index (χ4v) is 3.04. The number of halogens is 3. The summed E-state index contributed by atoms with van der Waals surface area (Å²) in [5, 5.41) is 10.5. The maximum absolute atomic E-state index is 11.5. The Balaban J connectivity index is 2.36. The number of carboxylic acids is 1. The summed E-state index contributed by atoms with van der Waals surface area (Å²) >= 11 is 15.4. The van der Waals surface area contributed by atoms with Crippen molar-refractivity contribution in [2.75, 3.05) is 0 Å². The highest BCUT2D eigenvalue weighted by Gasteiger charge is 2.23. The highest BCUT2D eigenvalue weighted by atomic mass is 79.9. The third kappa shape index (κ3) is 3.54. The molecule has 0 spiro atoms. The Bertz CT molecular complexity index is 644. The highest BCUT2D eigenvalue weighted by Crippen LogP contribution is 2.31. The lowest BCUT2D eigenvalue weighted by atomic mass is 9.92. The summed E-state index contributed by atoms with van der Waals surface area (Å²) in [5.41, 5.74) is 1.49. The van der Waals surface area contributed by atoms with Gasteiger partial charge in [0.1, 0.15) is 0 Å². The van der Waals surface area contributed by atoms with Crippen LogP contribution in [-0.4, -0.2) is 11.1 Å². The third-order valence-electron chi connectivity index (χ3n) is 3.02. The fourth-order valence-electron chi connectivity index (χ4n) is 2.00. The van der Waals surface area contributed by atoms with Gasteiger partial charge in [-0.1, -0.05) is 63.4 Å². The van der Waals surface area contributed by atoms with Gasteiger partial charge in [0.05, 0.1) is 5.92 Å². The maximum atomic E-state index is 11.5.